The Hall–Kier alpha value is -2.77. The van der Waals surface area contributed by atoms with Gasteiger partial charge in [0, 0.05) is 45.4 Å². The van der Waals surface area contributed by atoms with Crippen molar-refractivity contribution in [1.29, 1.82) is 0 Å². The van der Waals surface area contributed by atoms with Crippen LogP contribution >= 0.6 is 0 Å². The molecule has 8 heteroatoms. The van der Waals surface area contributed by atoms with E-state index in [4.69, 9.17) is 0 Å². The highest BCUT2D eigenvalue weighted by Gasteiger charge is 2.31. The second-order valence-electron chi connectivity index (χ2n) is 6.87. The molecule has 0 unspecified atom stereocenters. The summed E-state index contributed by atoms with van der Waals surface area (Å²) in [6, 6.07) is 6.02. The number of carbonyl (C=O) groups is 3. The van der Waals surface area contributed by atoms with Crippen LogP contribution in [0.3, 0.4) is 0 Å². The summed E-state index contributed by atoms with van der Waals surface area (Å²) in [6.45, 7) is 1.34. The molecule has 1 aromatic carbocycles. The van der Waals surface area contributed by atoms with E-state index in [1.807, 2.05) is 0 Å². The predicted molar refractivity (Wildman–Crippen MR) is 97.0 cm³/mol. The first kappa shape index (κ1) is 19.0. The Morgan fingerprint density at radius 1 is 1.19 bits per heavy atom. The van der Waals surface area contributed by atoms with Gasteiger partial charge in [0.05, 0.1) is 0 Å². The van der Waals surface area contributed by atoms with E-state index in [2.05, 4.69) is 10.4 Å². The van der Waals surface area contributed by atoms with Gasteiger partial charge in [-0.3, -0.25) is 14.4 Å². The zero-order valence-electron chi connectivity index (χ0n) is 15.3. The average molecular weight is 374 g/mol. The average Bonchev–Trinajstić information content (AvgIpc) is 2.69. The van der Waals surface area contributed by atoms with Crippen molar-refractivity contribution < 1.29 is 18.8 Å². The lowest BCUT2D eigenvalue weighted by Gasteiger charge is -2.32. The van der Waals surface area contributed by atoms with E-state index in [9.17, 15) is 18.8 Å². The highest BCUT2D eigenvalue weighted by atomic mass is 19.1. The van der Waals surface area contributed by atoms with Crippen LogP contribution in [0.2, 0.25) is 0 Å². The minimum Gasteiger partial charge on any atom is -0.352 e. The SMILES string of the molecule is CN1N=C(C(=O)N2CCC(C(=O)NCc3ccc(F)cc3)CC2)CCC1=O. The molecular weight excluding hydrogens is 351 g/mol. The van der Waals surface area contributed by atoms with Gasteiger partial charge in [0.25, 0.3) is 5.91 Å². The number of hydrogen-bond donors (Lipinski definition) is 1. The summed E-state index contributed by atoms with van der Waals surface area (Å²) in [5.74, 6) is -0.748. The van der Waals surface area contributed by atoms with Crippen molar-refractivity contribution in [3.63, 3.8) is 0 Å². The molecule has 1 N–H and O–H groups in total. The van der Waals surface area contributed by atoms with E-state index in [1.54, 1.807) is 24.1 Å². The van der Waals surface area contributed by atoms with E-state index in [0.717, 1.165) is 5.56 Å². The normalized spacial score (nSPS) is 18.3. The van der Waals surface area contributed by atoms with E-state index in [1.165, 1.54) is 17.1 Å². The molecule has 0 radical (unpaired) electrons. The number of amides is 3. The first-order valence-electron chi connectivity index (χ1n) is 9.09. The smallest absolute Gasteiger partial charge is 0.270 e. The quantitative estimate of drug-likeness (QED) is 0.862. The van der Waals surface area contributed by atoms with Crippen LogP contribution in [0.25, 0.3) is 0 Å². The third-order valence-corrected chi connectivity index (χ3v) is 4.99. The monoisotopic (exact) mass is 374 g/mol. The molecule has 2 aliphatic rings. The van der Waals surface area contributed by atoms with Crippen molar-refractivity contribution in [2.24, 2.45) is 11.0 Å². The van der Waals surface area contributed by atoms with Crippen LogP contribution in [0, 0.1) is 11.7 Å². The van der Waals surface area contributed by atoms with Crippen LogP contribution < -0.4 is 5.32 Å². The lowest BCUT2D eigenvalue weighted by atomic mass is 9.95. The molecular formula is C19H23FN4O3. The van der Waals surface area contributed by atoms with Gasteiger partial charge in [-0.05, 0) is 30.5 Å². The first-order valence-corrected chi connectivity index (χ1v) is 9.09. The van der Waals surface area contributed by atoms with Crippen molar-refractivity contribution >= 4 is 23.4 Å². The fourth-order valence-corrected chi connectivity index (χ4v) is 3.29. The summed E-state index contributed by atoms with van der Waals surface area (Å²) < 4.78 is 12.9. The molecule has 1 saturated heterocycles. The number of carbonyl (C=O) groups excluding carboxylic acids is 3. The number of benzene rings is 1. The number of likely N-dealkylation sites (tertiary alicyclic amines) is 1. The number of rotatable bonds is 4. The maximum atomic E-state index is 12.9. The lowest BCUT2D eigenvalue weighted by molar-refractivity contribution is -0.132. The minimum atomic E-state index is -0.305. The summed E-state index contributed by atoms with van der Waals surface area (Å²) in [5.41, 5.74) is 1.24. The Labute approximate surface area is 157 Å². The predicted octanol–water partition coefficient (Wildman–Crippen LogP) is 1.29. The van der Waals surface area contributed by atoms with Crippen LogP contribution in [-0.4, -0.2) is 53.5 Å². The van der Waals surface area contributed by atoms with Crippen LogP contribution in [0.15, 0.2) is 29.4 Å². The molecule has 27 heavy (non-hydrogen) atoms. The van der Waals surface area contributed by atoms with Crippen LogP contribution in [0.5, 0.6) is 0 Å². The van der Waals surface area contributed by atoms with Crippen molar-refractivity contribution in [3.8, 4) is 0 Å². The zero-order valence-corrected chi connectivity index (χ0v) is 15.3. The van der Waals surface area contributed by atoms with Gasteiger partial charge in [-0.1, -0.05) is 12.1 Å². The van der Waals surface area contributed by atoms with Gasteiger partial charge in [0.15, 0.2) is 0 Å². The van der Waals surface area contributed by atoms with Gasteiger partial charge < -0.3 is 10.2 Å². The Morgan fingerprint density at radius 3 is 2.48 bits per heavy atom. The van der Waals surface area contributed by atoms with Crippen LogP contribution in [-0.2, 0) is 20.9 Å². The molecule has 3 amide bonds. The third-order valence-electron chi connectivity index (χ3n) is 4.99. The topological polar surface area (TPSA) is 82.1 Å². The molecule has 3 rings (SSSR count). The number of nitrogens with one attached hydrogen (secondary N) is 1. The van der Waals surface area contributed by atoms with E-state index in [0.29, 0.717) is 51.0 Å². The van der Waals surface area contributed by atoms with Crippen molar-refractivity contribution in [2.45, 2.75) is 32.2 Å². The Balaban J connectivity index is 1.47. The van der Waals surface area contributed by atoms with Gasteiger partial charge in [-0.25, -0.2) is 9.40 Å². The number of nitrogens with zero attached hydrogens (tertiary/aromatic N) is 3. The molecule has 0 bridgehead atoms. The second-order valence-corrected chi connectivity index (χ2v) is 6.87. The minimum absolute atomic E-state index is 0.0493. The summed E-state index contributed by atoms with van der Waals surface area (Å²) in [7, 11) is 1.55. The zero-order chi connectivity index (χ0) is 19.4. The summed E-state index contributed by atoms with van der Waals surface area (Å²) in [4.78, 5) is 38.1. The molecule has 0 atom stereocenters. The molecule has 2 aliphatic heterocycles. The van der Waals surface area contributed by atoms with Crippen LogP contribution in [0.1, 0.15) is 31.2 Å². The Kier molecular flexibility index (Phi) is 5.83. The first-order chi connectivity index (χ1) is 12.9. The molecule has 0 spiro atoms. The largest absolute Gasteiger partial charge is 0.352 e. The molecule has 0 aromatic heterocycles. The van der Waals surface area contributed by atoms with Crippen molar-refractivity contribution in [2.75, 3.05) is 20.1 Å². The molecule has 7 nitrogen and oxygen atoms in total. The van der Waals surface area contributed by atoms with E-state index < -0.39 is 0 Å². The maximum Gasteiger partial charge on any atom is 0.270 e. The van der Waals surface area contributed by atoms with Crippen LogP contribution in [0.4, 0.5) is 4.39 Å². The lowest BCUT2D eigenvalue weighted by Crippen LogP contribution is -2.46. The standard InChI is InChI=1S/C19H23FN4O3/c1-23-17(25)7-6-16(22-23)19(27)24-10-8-14(9-11-24)18(26)21-12-13-2-4-15(20)5-3-13/h2-5,14H,6-12H2,1H3,(H,21,26). The summed E-state index contributed by atoms with van der Waals surface area (Å²) in [5, 5.41) is 8.15. The highest BCUT2D eigenvalue weighted by Crippen LogP contribution is 2.19. The van der Waals surface area contributed by atoms with E-state index >= 15 is 0 Å². The number of hydrazone groups is 1. The molecule has 0 saturated carbocycles. The van der Waals surface area contributed by atoms with Crippen molar-refractivity contribution in [1.82, 2.24) is 15.2 Å². The van der Waals surface area contributed by atoms with Gasteiger partial charge in [0.1, 0.15) is 11.5 Å². The van der Waals surface area contributed by atoms with Gasteiger partial charge in [0.2, 0.25) is 11.8 Å². The van der Waals surface area contributed by atoms with Gasteiger partial charge in [-0.2, -0.15) is 5.10 Å². The van der Waals surface area contributed by atoms with Gasteiger partial charge in [-0.15, -0.1) is 0 Å². The third kappa shape index (κ3) is 4.69. The van der Waals surface area contributed by atoms with Gasteiger partial charge >= 0.3 is 0 Å². The number of hydrogen-bond acceptors (Lipinski definition) is 4. The summed E-state index contributed by atoms with van der Waals surface area (Å²) in [6.07, 6.45) is 1.83. The van der Waals surface area contributed by atoms with Crippen molar-refractivity contribution in [3.05, 3.63) is 35.6 Å². The molecule has 2 heterocycles. The number of halogens is 1. The Bertz CT molecular complexity index is 755. The molecule has 144 valence electrons. The molecule has 1 fully saturated rings. The Morgan fingerprint density at radius 2 is 1.85 bits per heavy atom. The van der Waals surface area contributed by atoms with E-state index in [-0.39, 0.29) is 29.5 Å². The fourth-order valence-electron chi connectivity index (χ4n) is 3.29. The highest BCUT2D eigenvalue weighted by molar-refractivity contribution is 6.39. The second kappa shape index (κ2) is 8.28. The fraction of sp³-hybridized carbons (Fsp3) is 0.474. The maximum absolute atomic E-state index is 12.9. The molecule has 1 aromatic rings. The number of piperidine rings is 1. The summed E-state index contributed by atoms with van der Waals surface area (Å²) >= 11 is 0. The molecule has 0 aliphatic carbocycles.